The summed E-state index contributed by atoms with van der Waals surface area (Å²) >= 11 is 0. The molecule has 3 heteroatoms. The lowest BCUT2D eigenvalue weighted by atomic mass is 9.95. The van der Waals surface area contributed by atoms with Crippen molar-refractivity contribution >= 4 is 0 Å². The maximum absolute atomic E-state index is 4.87. The molecule has 0 saturated carbocycles. The van der Waals surface area contributed by atoms with Gasteiger partial charge >= 0.3 is 0 Å². The van der Waals surface area contributed by atoms with Crippen molar-refractivity contribution in [2.75, 3.05) is 0 Å². The van der Waals surface area contributed by atoms with Gasteiger partial charge in [-0.2, -0.15) is 0 Å². The average Bonchev–Trinajstić information content (AvgIpc) is 2.89. The molecule has 0 radical (unpaired) electrons. The van der Waals surface area contributed by atoms with Crippen LogP contribution in [0.2, 0.25) is 0 Å². The topological polar surface area (TPSA) is 38.7 Å². The molecule has 166 valence electrons. The van der Waals surface area contributed by atoms with E-state index in [1.807, 2.05) is 36.4 Å². The van der Waals surface area contributed by atoms with E-state index in [4.69, 9.17) is 15.0 Å². The number of nitrogens with zero attached hydrogens (tertiary/aromatic N) is 3. The largest absolute Gasteiger partial charge is 0.212 e. The number of benzene rings is 4. The van der Waals surface area contributed by atoms with Gasteiger partial charge in [0, 0.05) is 16.5 Å². The average molecular weight is 442 g/mol. The summed E-state index contributed by atoms with van der Waals surface area (Å²) in [5.74, 6) is 2.18. The molecule has 0 aliphatic rings. The molecule has 5 aromatic rings. The van der Waals surface area contributed by atoms with Gasteiger partial charge in [0.25, 0.3) is 0 Å². The first-order chi connectivity index (χ1) is 16.5. The summed E-state index contributed by atoms with van der Waals surface area (Å²) in [6, 6.07) is 37.6. The Hall–Kier alpha value is -4.11. The van der Waals surface area contributed by atoms with Crippen molar-refractivity contribution < 1.29 is 0 Å². The van der Waals surface area contributed by atoms with E-state index in [-0.39, 0.29) is 5.41 Å². The van der Waals surface area contributed by atoms with Gasteiger partial charge in [-0.25, -0.2) is 15.0 Å². The molecule has 0 atom stereocenters. The van der Waals surface area contributed by atoms with Crippen LogP contribution < -0.4 is 0 Å². The second-order valence-electron chi connectivity index (χ2n) is 9.45. The normalized spacial score (nSPS) is 11.4. The molecule has 1 heterocycles. The molecule has 0 aliphatic carbocycles. The molecule has 0 bridgehead atoms. The maximum Gasteiger partial charge on any atom is 0.163 e. The highest BCUT2D eigenvalue weighted by molar-refractivity contribution is 5.74. The fraction of sp³-hybridized carbons (Fsp3) is 0.129. The van der Waals surface area contributed by atoms with E-state index in [9.17, 15) is 0 Å². The fourth-order valence-electron chi connectivity index (χ4n) is 3.88. The van der Waals surface area contributed by atoms with Gasteiger partial charge in [0.1, 0.15) is 5.82 Å². The molecular formula is C31H27N3. The summed E-state index contributed by atoms with van der Waals surface area (Å²) in [5, 5.41) is 0. The van der Waals surface area contributed by atoms with Crippen molar-refractivity contribution in [3.05, 3.63) is 115 Å². The van der Waals surface area contributed by atoms with Crippen molar-refractivity contribution in [1.29, 1.82) is 0 Å². The van der Waals surface area contributed by atoms with Crippen LogP contribution in [0.5, 0.6) is 0 Å². The smallest absolute Gasteiger partial charge is 0.163 e. The first kappa shape index (κ1) is 21.7. The van der Waals surface area contributed by atoms with Crippen LogP contribution in [-0.2, 0) is 5.41 Å². The Kier molecular flexibility index (Phi) is 5.77. The molecule has 3 nitrogen and oxygen atoms in total. The number of hydrogen-bond acceptors (Lipinski definition) is 3. The zero-order chi connectivity index (χ0) is 23.5. The molecule has 4 aromatic carbocycles. The first-order valence-electron chi connectivity index (χ1n) is 11.6. The van der Waals surface area contributed by atoms with Crippen LogP contribution in [-0.4, -0.2) is 15.0 Å². The van der Waals surface area contributed by atoms with Crippen molar-refractivity contribution in [2.45, 2.75) is 26.2 Å². The van der Waals surface area contributed by atoms with Gasteiger partial charge < -0.3 is 0 Å². The Morgan fingerprint density at radius 3 is 1.44 bits per heavy atom. The molecular weight excluding hydrogens is 414 g/mol. The summed E-state index contributed by atoms with van der Waals surface area (Å²) in [7, 11) is 0. The van der Waals surface area contributed by atoms with Crippen LogP contribution in [0, 0.1) is 0 Å². The van der Waals surface area contributed by atoms with E-state index < -0.39 is 0 Å². The van der Waals surface area contributed by atoms with Crippen LogP contribution in [0.1, 0.15) is 26.6 Å². The lowest BCUT2D eigenvalue weighted by Crippen LogP contribution is -2.18. The van der Waals surface area contributed by atoms with Gasteiger partial charge in [0.2, 0.25) is 0 Å². The lowest BCUT2D eigenvalue weighted by molar-refractivity contribution is 0.543. The summed E-state index contributed by atoms with van der Waals surface area (Å²) in [4.78, 5) is 14.5. The summed E-state index contributed by atoms with van der Waals surface area (Å²) in [5.41, 5.74) is 6.51. The highest BCUT2D eigenvalue weighted by atomic mass is 15.0. The minimum atomic E-state index is -0.188. The number of aromatic nitrogens is 3. The Balaban J connectivity index is 1.54. The maximum atomic E-state index is 4.87. The number of hydrogen-bond donors (Lipinski definition) is 0. The van der Waals surface area contributed by atoms with Crippen LogP contribution in [0.4, 0.5) is 0 Å². The Morgan fingerprint density at radius 1 is 0.412 bits per heavy atom. The van der Waals surface area contributed by atoms with Crippen LogP contribution in [0.3, 0.4) is 0 Å². The van der Waals surface area contributed by atoms with E-state index in [0.717, 1.165) is 28.1 Å². The predicted octanol–water partition coefficient (Wildman–Crippen LogP) is 7.84. The van der Waals surface area contributed by atoms with E-state index in [1.54, 1.807) is 0 Å². The van der Waals surface area contributed by atoms with Gasteiger partial charge in [-0.15, -0.1) is 0 Å². The summed E-state index contributed by atoms with van der Waals surface area (Å²) in [6.07, 6.45) is 0. The zero-order valence-corrected chi connectivity index (χ0v) is 19.7. The van der Waals surface area contributed by atoms with Gasteiger partial charge in [0.15, 0.2) is 11.6 Å². The Labute approximate surface area is 201 Å². The molecule has 0 fully saturated rings. The Morgan fingerprint density at radius 2 is 0.853 bits per heavy atom. The Bertz CT molecular complexity index is 1400. The van der Waals surface area contributed by atoms with Gasteiger partial charge in [0.05, 0.1) is 0 Å². The SMILES string of the molecule is CC(C)(C)c1nc(-c2ccccc2)nc(-c2cccc(-c3ccc(-c4ccccc4)cc3)c2)n1. The molecule has 1 aromatic heterocycles. The van der Waals surface area contributed by atoms with Crippen molar-refractivity contribution in [3.8, 4) is 45.0 Å². The summed E-state index contributed by atoms with van der Waals surface area (Å²) < 4.78 is 0. The molecule has 34 heavy (non-hydrogen) atoms. The third kappa shape index (κ3) is 4.65. The highest BCUT2D eigenvalue weighted by Gasteiger charge is 2.21. The minimum absolute atomic E-state index is 0.188. The lowest BCUT2D eigenvalue weighted by Gasteiger charge is -2.18. The third-order valence-corrected chi connectivity index (χ3v) is 5.78. The van der Waals surface area contributed by atoms with Gasteiger partial charge in [-0.1, -0.05) is 124 Å². The van der Waals surface area contributed by atoms with Gasteiger partial charge in [-0.05, 0) is 28.3 Å². The molecule has 0 unspecified atom stereocenters. The second-order valence-corrected chi connectivity index (χ2v) is 9.45. The molecule has 0 saturated heterocycles. The highest BCUT2D eigenvalue weighted by Crippen LogP contribution is 2.29. The minimum Gasteiger partial charge on any atom is -0.212 e. The molecule has 5 rings (SSSR count). The van der Waals surface area contributed by atoms with Crippen LogP contribution in [0.25, 0.3) is 45.0 Å². The van der Waals surface area contributed by atoms with Crippen molar-refractivity contribution in [1.82, 2.24) is 15.0 Å². The predicted molar refractivity (Wildman–Crippen MR) is 140 cm³/mol. The fourth-order valence-corrected chi connectivity index (χ4v) is 3.88. The van der Waals surface area contributed by atoms with Crippen molar-refractivity contribution in [3.63, 3.8) is 0 Å². The van der Waals surface area contributed by atoms with E-state index >= 15 is 0 Å². The molecule has 0 spiro atoms. The van der Waals surface area contributed by atoms with Crippen LogP contribution >= 0.6 is 0 Å². The summed E-state index contributed by atoms with van der Waals surface area (Å²) in [6.45, 7) is 6.39. The molecule has 0 aliphatic heterocycles. The van der Waals surface area contributed by atoms with Gasteiger partial charge in [-0.3, -0.25) is 0 Å². The van der Waals surface area contributed by atoms with E-state index in [0.29, 0.717) is 11.6 Å². The third-order valence-electron chi connectivity index (χ3n) is 5.78. The van der Waals surface area contributed by atoms with E-state index in [1.165, 1.54) is 11.1 Å². The van der Waals surface area contributed by atoms with Crippen molar-refractivity contribution in [2.24, 2.45) is 0 Å². The first-order valence-corrected chi connectivity index (χ1v) is 11.6. The monoisotopic (exact) mass is 441 g/mol. The molecule has 0 amide bonds. The van der Waals surface area contributed by atoms with E-state index in [2.05, 4.69) is 93.6 Å². The second kappa shape index (κ2) is 9.03. The molecule has 0 N–H and O–H groups in total. The standard InChI is InChI=1S/C31H27N3/c1-31(2,3)30-33-28(25-13-8-5-9-14-25)32-29(34-30)27-16-10-15-26(21-27)24-19-17-23(18-20-24)22-11-6-4-7-12-22/h4-21H,1-3H3. The van der Waals surface area contributed by atoms with Crippen LogP contribution in [0.15, 0.2) is 109 Å². The number of rotatable bonds is 4. The zero-order valence-electron chi connectivity index (χ0n) is 19.7. The quantitative estimate of drug-likeness (QED) is 0.285.